The molecule has 0 aromatic carbocycles. The number of amides is 1. The molecule has 1 aliphatic heterocycles. The lowest BCUT2D eigenvalue weighted by atomic mass is 10.1. The lowest BCUT2D eigenvalue weighted by molar-refractivity contribution is 0.0438. The molecule has 1 aliphatic rings. The molecule has 0 unspecified atom stereocenters. The summed E-state index contributed by atoms with van der Waals surface area (Å²) in [6.45, 7) is 0.521. The van der Waals surface area contributed by atoms with Crippen molar-refractivity contribution in [2.75, 3.05) is 13.2 Å². The van der Waals surface area contributed by atoms with Gasteiger partial charge in [0, 0.05) is 6.54 Å². The molecule has 0 spiro atoms. The standard InChI is InChI=1S/C5H9NO3/c7-3-4-1-2-6(4)5(8)9/h4,7H,1-3H2,(H,8,9)/t4-/m1/s1. The number of aliphatic hydroxyl groups excluding tert-OH is 1. The largest absolute Gasteiger partial charge is 0.465 e. The minimum Gasteiger partial charge on any atom is -0.465 e. The molecule has 9 heavy (non-hydrogen) atoms. The van der Waals surface area contributed by atoms with E-state index >= 15 is 0 Å². The molecule has 2 N–H and O–H groups in total. The Morgan fingerprint density at radius 2 is 2.44 bits per heavy atom. The first-order valence-electron chi connectivity index (χ1n) is 2.86. The SMILES string of the molecule is O=C(O)N1CC[C@@H]1CO. The number of nitrogens with zero attached hydrogens (tertiary/aromatic N) is 1. The molecule has 1 atom stereocenters. The summed E-state index contributed by atoms with van der Waals surface area (Å²) in [5, 5.41) is 16.8. The average Bonchev–Trinajstić information content (AvgIpc) is 1.61. The number of carboxylic acid groups (broad SMARTS) is 1. The quantitative estimate of drug-likeness (QED) is 0.515. The van der Waals surface area contributed by atoms with Crippen molar-refractivity contribution in [3.63, 3.8) is 0 Å². The van der Waals surface area contributed by atoms with Gasteiger partial charge in [-0.25, -0.2) is 4.79 Å². The molecule has 0 radical (unpaired) electrons. The Hall–Kier alpha value is -0.770. The molecule has 4 heteroatoms. The van der Waals surface area contributed by atoms with Crippen molar-refractivity contribution in [1.29, 1.82) is 0 Å². The number of carbonyl (C=O) groups is 1. The van der Waals surface area contributed by atoms with E-state index in [0.29, 0.717) is 6.54 Å². The Kier molecular flexibility index (Phi) is 1.57. The number of hydrogen-bond donors (Lipinski definition) is 2. The Morgan fingerprint density at radius 3 is 2.56 bits per heavy atom. The van der Waals surface area contributed by atoms with Crippen molar-refractivity contribution in [3.05, 3.63) is 0 Å². The van der Waals surface area contributed by atoms with Crippen molar-refractivity contribution >= 4 is 6.09 Å². The van der Waals surface area contributed by atoms with Crippen LogP contribution in [0.3, 0.4) is 0 Å². The van der Waals surface area contributed by atoms with Gasteiger partial charge in [-0.15, -0.1) is 0 Å². The average molecular weight is 131 g/mol. The lowest BCUT2D eigenvalue weighted by Gasteiger charge is -2.37. The van der Waals surface area contributed by atoms with Gasteiger partial charge in [-0.3, -0.25) is 0 Å². The molecule has 4 nitrogen and oxygen atoms in total. The predicted molar refractivity (Wildman–Crippen MR) is 30.2 cm³/mol. The van der Waals surface area contributed by atoms with Gasteiger partial charge in [0.2, 0.25) is 0 Å². The molecule has 1 heterocycles. The van der Waals surface area contributed by atoms with Crippen LogP contribution in [0.25, 0.3) is 0 Å². The van der Waals surface area contributed by atoms with Gasteiger partial charge in [0.1, 0.15) is 0 Å². The van der Waals surface area contributed by atoms with E-state index in [4.69, 9.17) is 10.2 Å². The third-order valence-electron chi connectivity index (χ3n) is 1.60. The Balaban J connectivity index is 2.35. The van der Waals surface area contributed by atoms with Crippen LogP contribution < -0.4 is 0 Å². The van der Waals surface area contributed by atoms with E-state index in [9.17, 15) is 4.79 Å². The normalized spacial score (nSPS) is 25.4. The maximum Gasteiger partial charge on any atom is 0.407 e. The third kappa shape index (κ3) is 0.977. The fraction of sp³-hybridized carbons (Fsp3) is 0.800. The van der Waals surface area contributed by atoms with Gasteiger partial charge in [-0.2, -0.15) is 0 Å². The maximum atomic E-state index is 10.2. The lowest BCUT2D eigenvalue weighted by Crippen LogP contribution is -2.52. The first kappa shape index (κ1) is 6.35. The van der Waals surface area contributed by atoms with Crippen LogP contribution in [0.5, 0.6) is 0 Å². The van der Waals surface area contributed by atoms with Gasteiger partial charge in [0.05, 0.1) is 12.6 Å². The highest BCUT2D eigenvalue weighted by Crippen LogP contribution is 2.15. The second-order valence-corrected chi connectivity index (χ2v) is 2.10. The van der Waals surface area contributed by atoms with Crippen molar-refractivity contribution in [3.8, 4) is 0 Å². The first-order chi connectivity index (χ1) is 4.25. The van der Waals surface area contributed by atoms with Crippen LogP contribution in [0.1, 0.15) is 6.42 Å². The van der Waals surface area contributed by atoms with Gasteiger partial charge < -0.3 is 15.1 Å². The number of aliphatic hydroxyl groups is 1. The molecule has 0 aromatic heterocycles. The van der Waals surface area contributed by atoms with Crippen LogP contribution in [-0.4, -0.2) is 40.4 Å². The summed E-state index contributed by atoms with van der Waals surface area (Å²) in [6.07, 6.45) is -0.136. The van der Waals surface area contributed by atoms with E-state index in [1.807, 2.05) is 0 Å². The predicted octanol–water partition coefficient (Wildman–Crippen LogP) is -0.269. The minimum atomic E-state index is -0.930. The van der Waals surface area contributed by atoms with Gasteiger partial charge in [0.25, 0.3) is 0 Å². The molecule has 1 fully saturated rings. The van der Waals surface area contributed by atoms with Gasteiger partial charge >= 0.3 is 6.09 Å². The molecule has 0 bridgehead atoms. The summed E-state index contributed by atoms with van der Waals surface area (Å²) in [4.78, 5) is 11.4. The van der Waals surface area contributed by atoms with Crippen LogP contribution in [0.4, 0.5) is 4.79 Å². The molecular formula is C5H9NO3. The highest BCUT2D eigenvalue weighted by atomic mass is 16.4. The van der Waals surface area contributed by atoms with Crippen LogP contribution in [-0.2, 0) is 0 Å². The van der Waals surface area contributed by atoms with E-state index in [-0.39, 0.29) is 12.6 Å². The number of hydrogen-bond acceptors (Lipinski definition) is 2. The van der Waals surface area contributed by atoms with Crippen LogP contribution in [0, 0.1) is 0 Å². The van der Waals surface area contributed by atoms with Crippen molar-refractivity contribution in [1.82, 2.24) is 4.90 Å². The van der Waals surface area contributed by atoms with Crippen molar-refractivity contribution < 1.29 is 15.0 Å². The fourth-order valence-electron chi connectivity index (χ4n) is 0.882. The van der Waals surface area contributed by atoms with E-state index in [1.54, 1.807) is 0 Å². The topological polar surface area (TPSA) is 60.8 Å². The van der Waals surface area contributed by atoms with Crippen LogP contribution in [0.15, 0.2) is 0 Å². The van der Waals surface area contributed by atoms with E-state index in [1.165, 1.54) is 4.90 Å². The third-order valence-corrected chi connectivity index (χ3v) is 1.60. The van der Waals surface area contributed by atoms with Crippen LogP contribution in [0.2, 0.25) is 0 Å². The number of rotatable bonds is 1. The molecule has 1 saturated heterocycles. The van der Waals surface area contributed by atoms with Gasteiger partial charge in [-0.05, 0) is 6.42 Å². The fourth-order valence-corrected chi connectivity index (χ4v) is 0.882. The van der Waals surface area contributed by atoms with Crippen LogP contribution >= 0.6 is 0 Å². The molecule has 0 aromatic rings. The summed E-state index contributed by atoms with van der Waals surface area (Å²) < 4.78 is 0. The van der Waals surface area contributed by atoms with E-state index in [0.717, 1.165) is 6.42 Å². The summed E-state index contributed by atoms with van der Waals surface area (Å²) in [5.74, 6) is 0. The molecule has 52 valence electrons. The summed E-state index contributed by atoms with van der Waals surface area (Å²) in [7, 11) is 0. The Morgan fingerprint density at radius 1 is 1.78 bits per heavy atom. The Bertz CT molecular complexity index is 123. The summed E-state index contributed by atoms with van der Waals surface area (Å²) in [6, 6.07) is -0.137. The van der Waals surface area contributed by atoms with E-state index < -0.39 is 6.09 Å². The smallest absolute Gasteiger partial charge is 0.407 e. The highest BCUT2D eigenvalue weighted by Gasteiger charge is 2.30. The summed E-state index contributed by atoms with van der Waals surface area (Å²) >= 11 is 0. The van der Waals surface area contributed by atoms with Gasteiger partial charge in [-0.1, -0.05) is 0 Å². The van der Waals surface area contributed by atoms with Gasteiger partial charge in [0.15, 0.2) is 0 Å². The van der Waals surface area contributed by atoms with Crippen molar-refractivity contribution in [2.45, 2.75) is 12.5 Å². The highest BCUT2D eigenvalue weighted by molar-refractivity contribution is 5.66. The summed E-state index contributed by atoms with van der Waals surface area (Å²) in [5.41, 5.74) is 0. The molecule has 1 rings (SSSR count). The minimum absolute atomic E-state index is 0.0493. The first-order valence-corrected chi connectivity index (χ1v) is 2.86. The maximum absolute atomic E-state index is 10.2. The zero-order chi connectivity index (χ0) is 6.85. The second-order valence-electron chi connectivity index (χ2n) is 2.10. The number of likely N-dealkylation sites (tertiary alicyclic amines) is 1. The zero-order valence-electron chi connectivity index (χ0n) is 4.95. The molecule has 0 aliphatic carbocycles. The van der Waals surface area contributed by atoms with Crippen molar-refractivity contribution in [2.24, 2.45) is 0 Å². The zero-order valence-corrected chi connectivity index (χ0v) is 4.95. The molecule has 0 saturated carbocycles. The molecular weight excluding hydrogens is 122 g/mol. The second kappa shape index (κ2) is 2.23. The molecule has 1 amide bonds. The monoisotopic (exact) mass is 131 g/mol. The Labute approximate surface area is 52.7 Å². The van der Waals surface area contributed by atoms with E-state index in [2.05, 4.69) is 0 Å².